The molecule has 154 valence electrons. The van der Waals surface area contributed by atoms with Crippen molar-refractivity contribution >= 4 is 29.3 Å². The lowest BCUT2D eigenvalue weighted by atomic mass is 9.98. The number of halogens is 1. The third kappa shape index (κ3) is 3.97. The summed E-state index contributed by atoms with van der Waals surface area (Å²) >= 11 is 0. The van der Waals surface area contributed by atoms with Gasteiger partial charge in [-0.2, -0.15) is 0 Å². The quantitative estimate of drug-likeness (QED) is 0.640. The highest BCUT2D eigenvalue weighted by Gasteiger charge is 2.21. The summed E-state index contributed by atoms with van der Waals surface area (Å²) in [6, 6.07) is 8.54. The Balaban J connectivity index is 0.00000300. The van der Waals surface area contributed by atoms with Crippen molar-refractivity contribution in [3.63, 3.8) is 0 Å². The Bertz CT molecular complexity index is 1110. The van der Waals surface area contributed by atoms with E-state index in [1.54, 1.807) is 58.2 Å². The second-order valence-electron chi connectivity index (χ2n) is 6.33. The van der Waals surface area contributed by atoms with Crippen LogP contribution in [0.15, 0.2) is 35.1 Å². The van der Waals surface area contributed by atoms with Crippen molar-refractivity contribution in [1.29, 1.82) is 0 Å². The van der Waals surface area contributed by atoms with E-state index in [9.17, 15) is 14.7 Å². The minimum Gasteiger partial charge on any atom is -0.497 e. The number of ether oxygens (including phenoxy) is 2. The average Bonchev–Trinajstić information content (AvgIpc) is 2.67. The van der Waals surface area contributed by atoms with Crippen molar-refractivity contribution in [2.45, 2.75) is 27.4 Å². The number of aliphatic hydroxyl groups is 1. The molecule has 0 amide bonds. The van der Waals surface area contributed by atoms with Gasteiger partial charge in [0.1, 0.15) is 18.2 Å². The minimum absolute atomic E-state index is 0. The number of nitrogens with zero attached hydrogens (tertiary/aromatic N) is 2. The van der Waals surface area contributed by atoms with Gasteiger partial charge in [-0.15, -0.1) is 12.4 Å². The van der Waals surface area contributed by atoms with Gasteiger partial charge in [-0.05, 0) is 62.2 Å². The van der Waals surface area contributed by atoms with Gasteiger partial charge < -0.3 is 14.6 Å². The van der Waals surface area contributed by atoms with Crippen LogP contribution in [0.5, 0.6) is 5.75 Å². The molecule has 2 aromatic carbocycles. The Labute approximate surface area is 174 Å². The van der Waals surface area contributed by atoms with E-state index in [1.165, 1.54) is 4.57 Å². The highest BCUT2D eigenvalue weighted by Crippen LogP contribution is 2.24. The topological polar surface area (TPSA) is 90.7 Å². The van der Waals surface area contributed by atoms with Crippen molar-refractivity contribution in [3.05, 3.63) is 63.2 Å². The molecule has 0 saturated carbocycles. The van der Waals surface area contributed by atoms with Gasteiger partial charge in [0.05, 0.1) is 35.9 Å². The predicted octanol–water partition coefficient (Wildman–Crippen LogP) is 3.10. The Morgan fingerprint density at radius 2 is 1.86 bits per heavy atom. The molecule has 0 radical (unpaired) electrons. The number of hydrogen-bond acceptors (Lipinski definition) is 6. The maximum atomic E-state index is 13.4. The molecule has 0 aliphatic carbocycles. The Morgan fingerprint density at radius 1 is 1.21 bits per heavy atom. The van der Waals surface area contributed by atoms with Crippen LogP contribution in [-0.4, -0.2) is 34.3 Å². The van der Waals surface area contributed by atoms with Crippen molar-refractivity contribution in [2.24, 2.45) is 0 Å². The van der Waals surface area contributed by atoms with E-state index in [0.29, 0.717) is 39.0 Å². The van der Waals surface area contributed by atoms with Crippen molar-refractivity contribution in [3.8, 4) is 11.4 Å². The fourth-order valence-corrected chi connectivity index (χ4v) is 3.36. The van der Waals surface area contributed by atoms with Gasteiger partial charge in [0, 0.05) is 0 Å². The fraction of sp³-hybridized carbons (Fsp3) is 0.286. The Hall–Kier alpha value is -2.90. The minimum atomic E-state index is -0.471. The fourth-order valence-electron chi connectivity index (χ4n) is 3.36. The van der Waals surface area contributed by atoms with E-state index in [-0.39, 0.29) is 30.4 Å². The largest absolute Gasteiger partial charge is 0.497 e. The van der Waals surface area contributed by atoms with Crippen molar-refractivity contribution in [2.75, 3.05) is 13.7 Å². The van der Waals surface area contributed by atoms with Crippen molar-refractivity contribution < 1.29 is 19.4 Å². The summed E-state index contributed by atoms with van der Waals surface area (Å²) in [5.41, 5.74) is 2.16. The van der Waals surface area contributed by atoms with Gasteiger partial charge in [-0.25, -0.2) is 9.78 Å². The standard InChI is InChI=1S/C21H22N2O5.ClH/c1-5-28-21(26)18-12(2)10-16-19(13(18)3)20(25)23(17(11-24)22-16)14-6-8-15(27-4)9-7-14;/h6-10,24H,5,11H2,1-4H3;1H. The molecular weight excluding hydrogens is 396 g/mol. The lowest BCUT2D eigenvalue weighted by molar-refractivity contribution is 0.0525. The molecule has 0 aliphatic heterocycles. The molecule has 0 aliphatic rings. The number of carbonyl (C=O) groups excluding carboxylic acids is 1. The monoisotopic (exact) mass is 418 g/mol. The molecule has 3 rings (SSSR count). The summed E-state index contributed by atoms with van der Waals surface area (Å²) in [4.78, 5) is 30.2. The van der Waals surface area contributed by atoms with Gasteiger partial charge >= 0.3 is 5.97 Å². The zero-order valence-corrected chi connectivity index (χ0v) is 17.5. The highest BCUT2D eigenvalue weighted by atomic mass is 35.5. The smallest absolute Gasteiger partial charge is 0.338 e. The zero-order valence-electron chi connectivity index (χ0n) is 16.7. The predicted molar refractivity (Wildman–Crippen MR) is 112 cm³/mol. The van der Waals surface area contributed by atoms with Crippen LogP contribution < -0.4 is 10.3 Å². The average molecular weight is 419 g/mol. The third-order valence-electron chi connectivity index (χ3n) is 4.63. The van der Waals surface area contributed by atoms with Crippen LogP contribution in [-0.2, 0) is 11.3 Å². The normalized spacial score (nSPS) is 10.5. The van der Waals surface area contributed by atoms with E-state index in [4.69, 9.17) is 9.47 Å². The molecule has 0 unspecified atom stereocenters. The van der Waals surface area contributed by atoms with Crippen LogP contribution in [0.1, 0.15) is 34.2 Å². The van der Waals surface area contributed by atoms with Crippen LogP contribution in [0.4, 0.5) is 0 Å². The summed E-state index contributed by atoms with van der Waals surface area (Å²) in [5.74, 6) is 0.388. The second-order valence-corrected chi connectivity index (χ2v) is 6.33. The molecule has 0 fully saturated rings. The molecule has 3 aromatic rings. The first-order valence-corrected chi connectivity index (χ1v) is 8.91. The van der Waals surface area contributed by atoms with E-state index in [0.717, 1.165) is 0 Å². The summed E-state index contributed by atoms with van der Waals surface area (Å²) in [6.07, 6.45) is 0. The van der Waals surface area contributed by atoms with E-state index >= 15 is 0 Å². The molecule has 1 heterocycles. The number of aromatic nitrogens is 2. The van der Waals surface area contributed by atoms with Crippen molar-refractivity contribution in [1.82, 2.24) is 9.55 Å². The Kier molecular flexibility index (Phi) is 7.00. The molecule has 0 atom stereocenters. The number of fused-ring (bicyclic) bond motifs is 1. The highest BCUT2D eigenvalue weighted by molar-refractivity contribution is 5.99. The number of hydrogen-bond donors (Lipinski definition) is 1. The maximum absolute atomic E-state index is 13.4. The summed E-state index contributed by atoms with van der Waals surface area (Å²) in [7, 11) is 1.56. The molecule has 8 heteroatoms. The van der Waals surface area contributed by atoms with Gasteiger partial charge in [0.25, 0.3) is 5.56 Å². The number of carbonyl (C=O) groups is 1. The van der Waals surface area contributed by atoms with E-state index in [1.807, 2.05) is 0 Å². The van der Waals surface area contributed by atoms with E-state index in [2.05, 4.69) is 4.98 Å². The van der Waals surface area contributed by atoms with Crippen LogP contribution >= 0.6 is 12.4 Å². The number of aliphatic hydroxyl groups excluding tert-OH is 1. The summed E-state index contributed by atoms with van der Waals surface area (Å²) in [6.45, 7) is 5.05. The molecule has 0 saturated heterocycles. The number of rotatable bonds is 5. The zero-order chi connectivity index (χ0) is 20.4. The number of aryl methyl sites for hydroxylation is 2. The van der Waals surface area contributed by atoms with Gasteiger partial charge in [0.2, 0.25) is 0 Å². The van der Waals surface area contributed by atoms with E-state index < -0.39 is 12.6 Å². The summed E-state index contributed by atoms with van der Waals surface area (Å²) in [5, 5.41) is 10.1. The SMILES string of the molecule is CCOC(=O)c1c(C)cc2nc(CO)n(-c3ccc(OC)cc3)c(=O)c2c1C.Cl. The van der Waals surface area contributed by atoms with Crippen LogP contribution in [0.2, 0.25) is 0 Å². The molecule has 1 aromatic heterocycles. The maximum Gasteiger partial charge on any atom is 0.338 e. The first-order valence-electron chi connectivity index (χ1n) is 8.91. The molecule has 0 bridgehead atoms. The lowest BCUT2D eigenvalue weighted by Gasteiger charge is -2.16. The van der Waals surface area contributed by atoms with Gasteiger partial charge in [-0.1, -0.05) is 0 Å². The number of esters is 1. The molecule has 1 N–H and O–H groups in total. The first kappa shape index (κ1) is 22.4. The number of methoxy groups -OCH3 is 1. The lowest BCUT2D eigenvalue weighted by Crippen LogP contribution is -2.25. The van der Waals surface area contributed by atoms with Gasteiger partial charge in [-0.3, -0.25) is 9.36 Å². The summed E-state index contributed by atoms with van der Waals surface area (Å²) < 4.78 is 11.6. The van der Waals surface area contributed by atoms with Gasteiger partial charge in [0.15, 0.2) is 0 Å². The second kappa shape index (κ2) is 9.07. The van der Waals surface area contributed by atoms with Crippen LogP contribution in [0.25, 0.3) is 16.6 Å². The molecule has 7 nitrogen and oxygen atoms in total. The molecule has 0 spiro atoms. The Morgan fingerprint density at radius 3 is 2.41 bits per heavy atom. The third-order valence-corrected chi connectivity index (χ3v) is 4.63. The number of benzene rings is 2. The van der Waals surface area contributed by atoms with Crippen LogP contribution in [0, 0.1) is 13.8 Å². The molecule has 29 heavy (non-hydrogen) atoms. The first-order chi connectivity index (χ1) is 13.4. The van der Waals surface area contributed by atoms with Crippen LogP contribution in [0.3, 0.4) is 0 Å². The molecular formula is C21H23ClN2O5.